The Morgan fingerprint density at radius 1 is 1.43 bits per heavy atom. The third-order valence-corrected chi connectivity index (χ3v) is 4.44. The monoisotopic (exact) mass is 302 g/mol. The molecule has 3 rings (SSSR count). The number of carbonyl (C=O) groups excluding carboxylic acids is 1. The molecule has 2 aromatic rings. The van der Waals surface area contributed by atoms with E-state index in [-0.39, 0.29) is 12.0 Å². The van der Waals surface area contributed by atoms with E-state index in [4.69, 9.17) is 4.74 Å². The number of carbonyl (C=O) groups is 1. The highest BCUT2D eigenvalue weighted by Gasteiger charge is 2.22. The summed E-state index contributed by atoms with van der Waals surface area (Å²) in [5.74, 6) is 0.134. The molecule has 5 heteroatoms. The van der Waals surface area contributed by atoms with Crippen molar-refractivity contribution in [3.05, 3.63) is 41.4 Å². The highest BCUT2D eigenvalue weighted by molar-refractivity contribution is 7.13. The van der Waals surface area contributed by atoms with Crippen LogP contribution in [0.2, 0.25) is 0 Å². The molecule has 1 aromatic heterocycles. The Hall–Kier alpha value is -1.72. The van der Waals surface area contributed by atoms with Crippen LogP contribution >= 0.6 is 11.3 Å². The van der Waals surface area contributed by atoms with Crippen LogP contribution < -0.4 is 0 Å². The molecular weight excluding hydrogens is 284 g/mol. The number of morpholine rings is 1. The molecule has 1 amide bonds. The van der Waals surface area contributed by atoms with Crippen LogP contribution in [0.5, 0.6) is 0 Å². The van der Waals surface area contributed by atoms with Gasteiger partial charge in [0.2, 0.25) is 5.91 Å². The van der Waals surface area contributed by atoms with Crippen LogP contribution in [0.3, 0.4) is 0 Å². The summed E-state index contributed by atoms with van der Waals surface area (Å²) in [6, 6.07) is 10.1. The first-order chi connectivity index (χ1) is 10.2. The van der Waals surface area contributed by atoms with Crippen LogP contribution in [-0.4, -0.2) is 41.6 Å². The number of ether oxygens (including phenoxy) is 1. The van der Waals surface area contributed by atoms with Gasteiger partial charge in [0.1, 0.15) is 5.01 Å². The van der Waals surface area contributed by atoms with Crippen molar-refractivity contribution in [3.8, 4) is 10.6 Å². The molecule has 110 valence electrons. The molecule has 0 N–H and O–H groups in total. The van der Waals surface area contributed by atoms with Crippen LogP contribution in [0.4, 0.5) is 0 Å². The van der Waals surface area contributed by atoms with Crippen molar-refractivity contribution in [1.29, 1.82) is 0 Å². The lowest BCUT2D eigenvalue weighted by atomic mass is 10.2. The predicted molar refractivity (Wildman–Crippen MR) is 83.2 cm³/mol. The summed E-state index contributed by atoms with van der Waals surface area (Å²) in [6.07, 6.45) is 0.494. The summed E-state index contributed by atoms with van der Waals surface area (Å²) in [4.78, 5) is 18.7. The number of aromatic nitrogens is 1. The summed E-state index contributed by atoms with van der Waals surface area (Å²) < 4.78 is 5.46. The minimum Gasteiger partial charge on any atom is -0.375 e. The number of benzene rings is 1. The number of hydrogen-bond acceptors (Lipinski definition) is 4. The normalized spacial score (nSPS) is 18.7. The van der Waals surface area contributed by atoms with Gasteiger partial charge in [0, 0.05) is 24.0 Å². The van der Waals surface area contributed by atoms with Gasteiger partial charge in [0.15, 0.2) is 0 Å². The number of amides is 1. The number of nitrogens with zero attached hydrogens (tertiary/aromatic N) is 2. The lowest BCUT2D eigenvalue weighted by Gasteiger charge is -2.31. The zero-order valence-electron chi connectivity index (χ0n) is 12.0. The quantitative estimate of drug-likeness (QED) is 0.875. The SMILES string of the molecule is CC1CN(C(=O)Cc2csc(-c3ccccc3)n2)CCO1. The van der Waals surface area contributed by atoms with Gasteiger partial charge in [-0.25, -0.2) is 4.98 Å². The maximum atomic E-state index is 12.3. The molecule has 0 bridgehead atoms. The van der Waals surface area contributed by atoms with E-state index in [9.17, 15) is 4.79 Å². The topological polar surface area (TPSA) is 42.4 Å². The fourth-order valence-electron chi connectivity index (χ4n) is 2.41. The first-order valence-corrected chi connectivity index (χ1v) is 7.99. The Balaban J connectivity index is 1.66. The fraction of sp³-hybridized carbons (Fsp3) is 0.375. The van der Waals surface area contributed by atoms with E-state index < -0.39 is 0 Å². The first kappa shape index (κ1) is 14.2. The van der Waals surface area contributed by atoms with Crippen LogP contribution in [0.15, 0.2) is 35.7 Å². The summed E-state index contributed by atoms with van der Waals surface area (Å²) in [7, 11) is 0. The van der Waals surface area contributed by atoms with Crippen molar-refractivity contribution in [2.24, 2.45) is 0 Å². The summed E-state index contributed by atoms with van der Waals surface area (Å²) in [6.45, 7) is 3.97. The Morgan fingerprint density at radius 3 is 3.00 bits per heavy atom. The minimum absolute atomic E-state index is 0.123. The molecule has 4 nitrogen and oxygen atoms in total. The van der Waals surface area contributed by atoms with Gasteiger partial charge in [-0.15, -0.1) is 11.3 Å². The molecule has 1 aliphatic heterocycles. The first-order valence-electron chi connectivity index (χ1n) is 7.11. The molecule has 1 unspecified atom stereocenters. The molecule has 1 aromatic carbocycles. The van der Waals surface area contributed by atoms with E-state index in [0.29, 0.717) is 26.1 Å². The molecule has 1 aliphatic rings. The number of hydrogen-bond donors (Lipinski definition) is 0. The van der Waals surface area contributed by atoms with Crippen LogP contribution in [0.1, 0.15) is 12.6 Å². The average Bonchev–Trinajstić information content (AvgIpc) is 2.97. The van der Waals surface area contributed by atoms with Crippen molar-refractivity contribution in [1.82, 2.24) is 9.88 Å². The van der Waals surface area contributed by atoms with E-state index >= 15 is 0 Å². The van der Waals surface area contributed by atoms with Crippen LogP contribution in [-0.2, 0) is 16.0 Å². The number of rotatable bonds is 3. The van der Waals surface area contributed by atoms with Gasteiger partial charge >= 0.3 is 0 Å². The zero-order valence-corrected chi connectivity index (χ0v) is 12.8. The molecule has 1 fully saturated rings. The van der Waals surface area contributed by atoms with Crippen molar-refractivity contribution in [3.63, 3.8) is 0 Å². The molecule has 0 aliphatic carbocycles. The largest absolute Gasteiger partial charge is 0.375 e. The Bertz CT molecular complexity index is 612. The van der Waals surface area contributed by atoms with Crippen LogP contribution in [0.25, 0.3) is 10.6 Å². The van der Waals surface area contributed by atoms with Gasteiger partial charge < -0.3 is 9.64 Å². The Kier molecular flexibility index (Phi) is 4.31. The van der Waals surface area contributed by atoms with Crippen molar-refractivity contribution in [2.75, 3.05) is 19.7 Å². The van der Waals surface area contributed by atoms with E-state index in [0.717, 1.165) is 16.3 Å². The van der Waals surface area contributed by atoms with Gasteiger partial charge in [-0.1, -0.05) is 30.3 Å². The minimum atomic E-state index is 0.123. The van der Waals surface area contributed by atoms with E-state index in [1.165, 1.54) is 0 Å². The average molecular weight is 302 g/mol. The summed E-state index contributed by atoms with van der Waals surface area (Å²) in [5, 5.41) is 2.94. The Morgan fingerprint density at radius 2 is 2.24 bits per heavy atom. The molecular formula is C16H18N2O2S. The van der Waals surface area contributed by atoms with Gasteiger partial charge in [-0.3, -0.25) is 4.79 Å². The maximum absolute atomic E-state index is 12.3. The highest BCUT2D eigenvalue weighted by Crippen LogP contribution is 2.23. The summed E-state index contributed by atoms with van der Waals surface area (Å²) in [5.41, 5.74) is 1.95. The van der Waals surface area contributed by atoms with E-state index in [1.807, 2.05) is 47.5 Å². The van der Waals surface area contributed by atoms with Crippen molar-refractivity contribution >= 4 is 17.2 Å². The van der Waals surface area contributed by atoms with Gasteiger partial charge in [0.25, 0.3) is 0 Å². The van der Waals surface area contributed by atoms with Gasteiger partial charge in [0.05, 0.1) is 24.8 Å². The number of thiazole rings is 1. The summed E-state index contributed by atoms with van der Waals surface area (Å²) >= 11 is 1.59. The molecule has 0 radical (unpaired) electrons. The highest BCUT2D eigenvalue weighted by atomic mass is 32.1. The van der Waals surface area contributed by atoms with E-state index in [1.54, 1.807) is 11.3 Å². The standard InChI is InChI=1S/C16H18N2O2S/c1-12-10-18(7-8-20-12)15(19)9-14-11-21-16(17-14)13-5-3-2-4-6-13/h2-6,11-12H,7-10H2,1H3. The maximum Gasteiger partial charge on any atom is 0.228 e. The smallest absolute Gasteiger partial charge is 0.228 e. The zero-order chi connectivity index (χ0) is 14.7. The van der Waals surface area contributed by atoms with E-state index in [2.05, 4.69) is 4.98 Å². The molecule has 21 heavy (non-hydrogen) atoms. The second kappa shape index (κ2) is 6.37. The van der Waals surface area contributed by atoms with Gasteiger partial charge in [-0.2, -0.15) is 0 Å². The fourth-order valence-corrected chi connectivity index (χ4v) is 3.24. The molecule has 0 spiro atoms. The van der Waals surface area contributed by atoms with Crippen molar-refractivity contribution in [2.45, 2.75) is 19.4 Å². The lowest BCUT2D eigenvalue weighted by Crippen LogP contribution is -2.45. The second-order valence-electron chi connectivity index (χ2n) is 5.21. The molecule has 0 saturated carbocycles. The third kappa shape index (κ3) is 3.49. The molecule has 1 saturated heterocycles. The predicted octanol–water partition coefficient (Wildman–Crippen LogP) is 2.60. The molecule has 2 heterocycles. The second-order valence-corrected chi connectivity index (χ2v) is 6.07. The van der Waals surface area contributed by atoms with Gasteiger partial charge in [-0.05, 0) is 6.92 Å². The molecule has 1 atom stereocenters. The lowest BCUT2D eigenvalue weighted by molar-refractivity contribution is -0.137. The van der Waals surface area contributed by atoms with Crippen LogP contribution in [0, 0.1) is 0 Å². The van der Waals surface area contributed by atoms with Crippen molar-refractivity contribution < 1.29 is 9.53 Å². The third-order valence-electron chi connectivity index (χ3n) is 3.50. The Labute approximate surface area is 128 Å².